The summed E-state index contributed by atoms with van der Waals surface area (Å²) in [6, 6.07) is 10.5. The van der Waals surface area contributed by atoms with E-state index in [0.717, 1.165) is 0 Å². The summed E-state index contributed by atoms with van der Waals surface area (Å²) >= 11 is 0. The minimum atomic E-state index is -0.0657. The summed E-state index contributed by atoms with van der Waals surface area (Å²) in [5.74, 6) is 2.13. The van der Waals surface area contributed by atoms with E-state index < -0.39 is 0 Å². The van der Waals surface area contributed by atoms with Gasteiger partial charge in [0.25, 0.3) is 0 Å². The lowest BCUT2D eigenvalue weighted by Crippen LogP contribution is -2.10. The highest BCUT2D eigenvalue weighted by atomic mass is 16.5. The first-order valence-electron chi connectivity index (χ1n) is 10.2. The van der Waals surface area contributed by atoms with Crippen molar-refractivity contribution < 1.29 is 28.5 Å². The number of hydrogen-bond donors (Lipinski definition) is 2. The van der Waals surface area contributed by atoms with Crippen molar-refractivity contribution in [1.82, 2.24) is 0 Å². The number of amides is 2. The summed E-state index contributed by atoms with van der Waals surface area (Å²) < 4.78 is 22.3. The molecule has 0 fully saturated rings. The number of anilines is 2. The lowest BCUT2D eigenvalue weighted by atomic mass is 10.2. The molecule has 0 saturated heterocycles. The highest BCUT2D eigenvalue weighted by Crippen LogP contribution is 2.31. The van der Waals surface area contributed by atoms with E-state index >= 15 is 0 Å². The Kier molecular flexibility index (Phi) is 9.48. The molecular formula is C23H30N2O6. The van der Waals surface area contributed by atoms with Crippen LogP contribution < -0.4 is 29.6 Å². The maximum Gasteiger partial charge on any atom is 0.224 e. The van der Waals surface area contributed by atoms with Crippen LogP contribution in [0.2, 0.25) is 0 Å². The van der Waals surface area contributed by atoms with Crippen molar-refractivity contribution in [2.45, 2.75) is 33.1 Å². The number of nitrogens with one attached hydrogen (secondary N) is 2. The maximum atomic E-state index is 11.5. The fraction of sp³-hybridized carbons (Fsp3) is 0.391. The van der Waals surface area contributed by atoms with E-state index in [0.29, 0.717) is 66.8 Å². The predicted molar refractivity (Wildman–Crippen MR) is 119 cm³/mol. The van der Waals surface area contributed by atoms with Gasteiger partial charge in [-0.15, -0.1) is 0 Å². The molecule has 0 aliphatic heterocycles. The van der Waals surface area contributed by atoms with Crippen LogP contribution >= 0.6 is 0 Å². The van der Waals surface area contributed by atoms with Gasteiger partial charge in [0.15, 0.2) is 23.0 Å². The molecular weight excluding hydrogens is 400 g/mol. The summed E-state index contributed by atoms with van der Waals surface area (Å²) in [6.45, 7) is 4.43. The smallest absolute Gasteiger partial charge is 0.224 e. The number of hydrogen-bond acceptors (Lipinski definition) is 6. The normalized spacial score (nSPS) is 10.2. The first-order valence-corrected chi connectivity index (χ1v) is 10.2. The highest BCUT2D eigenvalue weighted by molar-refractivity contribution is 5.91. The maximum absolute atomic E-state index is 11.5. The molecule has 8 heteroatoms. The lowest BCUT2D eigenvalue weighted by Gasteiger charge is -2.14. The van der Waals surface area contributed by atoms with Crippen LogP contribution in [0.4, 0.5) is 11.4 Å². The number of rotatable bonds is 12. The topological polar surface area (TPSA) is 95.1 Å². The SMILES string of the molecule is CCC(=O)Nc1ccc(OCCCOc2ccc(NC(=O)CC)cc2OC)c(OC)c1. The van der Waals surface area contributed by atoms with Gasteiger partial charge in [0.05, 0.1) is 27.4 Å². The standard InChI is InChI=1S/C23H30N2O6/c1-5-22(26)24-16-8-10-18(20(14-16)28-3)30-12-7-13-31-19-11-9-17(15-21(19)29-4)25-23(27)6-2/h8-11,14-15H,5-7,12-13H2,1-4H3,(H,24,26)(H,25,27). The van der Waals surface area contributed by atoms with Gasteiger partial charge in [-0.05, 0) is 24.3 Å². The van der Waals surface area contributed by atoms with E-state index in [1.54, 1.807) is 64.5 Å². The second-order valence-corrected chi connectivity index (χ2v) is 6.59. The monoisotopic (exact) mass is 430 g/mol. The van der Waals surface area contributed by atoms with Crippen molar-refractivity contribution in [1.29, 1.82) is 0 Å². The second kappa shape index (κ2) is 12.3. The van der Waals surface area contributed by atoms with E-state index in [2.05, 4.69) is 10.6 Å². The Hall–Kier alpha value is -3.42. The summed E-state index contributed by atoms with van der Waals surface area (Å²) in [6.07, 6.45) is 1.44. The number of benzene rings is 2. The van der Waals surface area contributed by atoms with Crippen LogP contribution in [0, 0.1) is 0 Å². The molecule has 0 heterocycles. The molecule has 0 unspecified atom stereocenters. The van der Waals surface area contributed by atoms with Crippen molar-refractivity contribution in [2.75, 3.05) is 38.1 Å². The molecule has 2 rings (SSSR count). The molecule has 0 atom stereocenters. The van der Waals surface area contributed by atoms with Crippen LogP contribution in [0.15, 0.2) is 36.4 Å². The fourth-order valence-electron chi connectivity index (χ4n) is 2.65. The minimum absolute atomic E-state index is 0.0657. The summed E-state index contributed by atoms with van der Waals surface area (Å²) in [7, 11) is 3.10. The zero-order chi connectivity index (χ0) is 22.6. The van der Waals surface area contributed by atoms with E-state index in [1.807, 2.05) is 0 Å². The van der Waals surface area contributed by atoms with E-state index in [4.69, 9.17) is 18.9 Å². The van der Waals surface area contributed by atoms with Gasteiger partial charge in [0.1, 0.15) is 0 Å². The molecule has 0 radical (unpaired) electrons. The van der Waals surface area contributed by atoms with Crippen molar-refractivity contribution in [2.24, 2.45) is 0 Å². The summed E-state index contributed by atoms with van der Waals surface area (Å²) in [4.78, 5) is 23.1. The first kappa shape index (κ1) is 23.9. The average molecular weight is 431 g/mol. The van der Waals surface area contributed by atoms with Gasteiger partial charge in [-0.1, -0.05) is 13.8 Å². The molecule has 0 bridgehead atoms. The molecule has 0 saturated carbocycles. The summed E-state index contributed by atoms with van der Waals surface area (Å²) in [5.41, 5.74) is 1.31. The molecule has 0 aromatic heterocycles. The third-order valence-electron chi connectivity index (χ3n) is 4.34. The van der Waals surface area contributed by atoms with Gasteiger partial charge in [-0.2, -0.15) is 0 Å². The van der Waals surface area contributed by atoms with Crippen molar-refractivity contribution in [3.05, 3.63) is 36.4 Å². The van der Waals surface area contributed by atoms with E-state index in [9.17, 15) is 9.59 Å². The molecule has 2 aromatic carbocycles. The van der Waals surface area contributed by atoms with Crippen LogP contribution in [-0.4, -0.2) is 39.2 Å². The van der Waals surface area contributed by atoms with E-state index in [1.165, 1.54) is 0 Å². The molecule has 8 nitrogen and oxygen atoms in total. The van der Waals surface area contributed by atoms with Crippen molar-refractivity contribution >= 4 is 23.2 Å². The first-order chi connectivity index (χ1) is 15.0. The highest BCUT2D eigenvalue weighted by Gasteiger charge is 2.09. The molecule has 0 spiro atoms. The number of carbonyl (C=O) groups is 2. The van der Waals surface area contributed by atoms with Gasteiger partial charge >= 0.3 is 0 Å². The molecule has 2 aromatic rings. The fourth-order valence-corrected chi connectivity index (χ4v) is 2.65. The predicted octanol–water partition coefficient (Wildman–Crippen LogP) is 4.25. The van der Waals surface area contributed by atoms with Crippen LogP contribution in [0.5, 0.6) is 23.0 Å². The third kappa shape index (κ3) is 7.40. The van der Waals surface area contributed by atoms with Crippen LogP contribution in [-0.2, 0) is 9.59 Å². The zero-order valence-corrected chi connectivity index (χ0v) is 18.4. The number of carbonyl (C=O) groups excluding carboxylic acids is 2. The Balaban J connectivity index is 1.85. The van der Waals surface area contributed by atoms with Gasteiger partial charge in [-0.25, -0.2) is 0 Å². The Morgan fingerprint density at radius 1 is 0.710 bits per heavy atom. The summed E-state index contributed by atoms with van der Waals surface area (Å²) in [5, 5.41) is 5.57. The van der Waals surface area contributed by atoms with E-state index in [-0.39, 0.29) is 11.8 Å². The molecule has 2 N–H and O–H groups in total. The van der Waals surface area contributed by atoms with Gasteiger partial charge < -0.3 is 29.6 Å². The molecule has 31 heavy (non-hydrogen) atoms. The average Bonchev–Trinajstić information content (AvgIpc) is 2.79. The van der Waals surface area contributed by atoms with Crippen molar-refractivity contribution in [3.8, 4) is 23.0 Å². The molecule has 0 aliphatic carbocycles. The third-order valence-corrected chi connectivity index (χ3v) is 4.34. The lowest BCUT2D eigenvalue weighted by molar-refractivity contribution is -0.116. The van der Waals surface area contributed by atoms with Gasteiger partial charge in [0.2, 0.25) is 11.8 Å². The minimum Gasteiger partial charge on any atom is -0.493 e. The number of methoxy groups -OCH3 is 2. The molecule has 168 valence electrons. The van der Waals surface area contributed by atoms with Crippen LogP contribution in [0.3, 0.4) is 0 Å². The number of ether oxygens (including phenoxy) is 4. The Bertz CT molecular complexity index is 813. The van der Waals surface area contributed by atoms with Gasteiger partial charge in [-0.3, -0.25) is 9.59 Å². The molecule has 2 amide bonds. The van der Waals surface area contributed by atoms with Crippen LogP contribution in [0.1, 0.15) is 33.1 Å². The zero-order valence-electron chi connectivity index (χ0n) is 18.4. The largest absolute Gasteiger partial charge is 0.493 e. The molecule has 0 aliphatic rings. The van der Waals surface area contributed by atoms with Crippen molar-refractivity contribution in [3.63, 3.8) is 0 Å². The second-order valence-electron chi connectivity index (χ2n) is 6.59. The quantitative estimate of drug-likeness (QED) is 0.489. The van der Waals surface area contributed by atoms with Gasteiger partial charge in [0, 0.05) is 42.8 Å². The van der Waals surface area contributed by atoms with Crippen LogP contribution in [0.25, 0.3) is 0 Å². The Morgan fingerprint density at radius 2 is 1.13 bits per heavy atom. The Morgan fingerprint density at radius 3 is 1.48 bits per heavy atom. The Labute approximate surface area is 182 Å².